The molecule has 1 N–H and O–H groups in total. The van der Waals surface area contributed by atoms with E-state index in [0.29, 0.717) is 10.8 Å². The van der Waals surface area contributed by atoms with Crippen LogP contribution in [0.5, 0.6) is 5.75 Å². The summed E-state index contributed by atoms with van der Waals surface area (Å²) < 4.78 is 5.38. The number of hydrogen-bond donors (Lipinski definition) is 1. The molecule has 0 bridgehead atoms. The van der Waals surface area contributed by atoms with Gasteiger partial charge >= 0.3 is 5.97 Å². The number of carboxylic acid groups (broad SMARTS) is 1. The van der Waals surface area contributed by atoms with Crippen LogP contribution in [0, 0.1) is 0 Å². The van der Waals surface area contributed by atoms with Crippen molar-refractivity contribution >= 4 is 17.6 Å². The number of benzene rings is 1. The van der Waals surface area contributed by atoms with Gasteiger partial charge in [-0.2, -0.15) is 4.80 Å². The van der Waals surface area contributed by atoms with Crippen LogP contribution in [0.1, 0.15) is 5.82 Å². The molecule has 2 aromatic rings. The number of para-hydroxylation sites is 1. The van der Waals surface area contributed by atoms with E-state index in [1.165, 1.54) is 0 Å². The van der Waals surface area contributed by atoms with Crippen molar-refractivity contribution in [2.24, 2.45) is 0 Å². The monoisotopic (exact) mass is 268 g/mol. The van der Waals surface area contributed by atoms with Gasteiger partial charge in [-0.1, -0.05) is 23.7 Å². The van der Waals surface area contributed by atoms with Crippen molar-refractivity contribution in [2.75, 3.05) is 0 Å². The molecule has 0 saturated heterocycles. The Balaban J connectivity index is 1.96. The lowest BCUT2D eigenvalue weighted by molar-refractivity contribution is -0.138. The molecule has 1 aromatic heterocycles. The highest BCUT2D eigenvalue weighted by Gasteiger charge is 2.07. The van der Waals surface area contributed by atoms with E-state index in [0.717, 1.165) is 4.80 Å². The predicted molar refractivity (Wildman–Crippen MR) is 61.2 cm³/mol. The van der Waals surface area contributed by atoms with Crippen LogP contribution in [-0.2, 0) is 17.9 Å². The highest BCUT2D eigenvalue weighted by molar-refractivity contribution is 6.32. The van der Waals surface area contributed by atoms with Crippen molar-refractivity contribution in [3.8, 4) is 5.75 Å². The van der Waals surface area contributed by atoms with Gasteiger partial charge in [0.05, 0.1) is 5.02 Å². The van der Waals surface area contributed by atoms with Gasteiger partial charge in [0.1, 0.15) is 5.75 Å². The third-order valence-corrected chi connectivity index (χ3v) is 2.28. The molecular formula is C10H9ClN4O3. The largest absolute Gasteiger partial charge is 0.484 e. The Morgan fingerprint density at radius 1 is 1.44 bits per heavy atom. The van der Waals surface area contributed by atoms with Gasteiger partial charge in [0.15, 0.2) is 13.2 Å². The molecule has 0 amide bonds. The van der Waals surface area contributed by atoms with Gasteiger partial charge in [-0.3, -0.25) is 4.79 Å². The van der Waals surface area contributed by atoms with E-state index < -0.39 is 5.97 Å². The van der Waals surface area contributed by atoms with Crippen LogP contribution >= 0.6 is 11.6 Å². The maximum absolute atomic E-state index is 10.4. The van der Waals surface area contributed by atoms with Crippen molar-refractivity contribution in [3.05, 3.63) is 35.1 Å². The Labute approximate surface area is 107 Å². The van der Waals surface area contributed by atoms with Crippen molar-refractivity contribution < 1.29 is 14.6 Å². The quantitative estimate of drug-likeness (QED) is 0.870. The molecular weight excluding hydrogens is 260 g/mol. The van der Waals surface area contributed by atoms with E-state index in [1.54, 1.807) is 24.3 Å². The molecule has 0 unspecified atom stereocenters. The molecule has 0 aliphatic rings. The van der Waals surface area contributed by atoms with E-state index in [4.69, 9.17) is 21.4 Å². The molecule has 0 atom stereocenters. The summed E-state index contributed by atoms with van der Waals surface area (Å²) in [6.45, 7) is -0.261. The van der Waals surface area contributed by atoms with Gasteiger partial charge in [0, 0.05) is 0 Å². The summed E-state index contributed by atoms with van der Waals surface area (Å²) in [4.78, 5) is 11.4. The van der Waals surface area contributed by atoms with Crippen LogP contribution in [0.25, 0.3) is 0 Å². The maximum atomic E-state index is 10.4. The molecule has 0 aliphatic heterocycles. The number of rotatable bonds is 5. The molecule has 0 saturated carbocycles. The average molecular weight is 269 g/mol. The molecule has 8 heteroatoms. The number of tetrazole rings is 1. The summed E-state index contributed by atoms with van der Waals surface area (Å²) in [5.74, 6) is -0.240. The first-order valence-corrected chi connectivity index (χ1v) is 5.39. The zero-order chi connectivity index (χ0) is 13.0. The van der Waals surface area contributed by atoms with Crippen LogP contribution in [0.2, 0.25) is 5.02 Å². The second-order valence-corrected chi connectivity index (χ2v) is 3.76. The molecule has 0 spiro atoms. The molecule has 0 aliphatic carbocycles. The normalized spacial score (nSPS) is 10.3. The molecule has 0 fully saturated rings. The van der Waals surface area contributed by atoms with E-state index in [1.807, 2.05) is 0 Å². The topological polar surface area (TPSA) is 90.1 Å². The number of aromatic nitrogens is 4. The molecule has 2 rings (SSSR count). The van der Waals surface area contributed by atoms with E-state index >= 15 is 0 Å². The van der Waals surface area contributed by atoms with Crippen LogP contribution in [0.3, 0.4) is 0 Å². The van der Waals surface area contributed by atoms with E-state index in [9.17, 15) is 4.79 Å². The zero-order valence-corrected chi connectivity index (χ0v) is 9.91. The lowest BCUT2D eigenvalue weighted by atomic mass is 10.3. The number of hydrogen-bond acceptors (Lipinski definition) is 5. The highest BCUT2D eigenvalue weighted by Crippen LogP contribution is 2.23. The van der Waals surface area contributed by atoms with Crippen LogP contribution in [0.4, 0.5) is 0 Å². The standard InChI is InChI=1S/C10H9ClN4O3/c11-7-3-1-2-4-8(7)18-6-9-12-14-15(13-9)5-10(16)17/h1-4H,5-6H2,(H,16,17). The van der Waals surface area contributed by atoms with Crippen molar-refractivity contribution in [1.82, 2.24) is 20.2 Å². The Morgan fingerprint density at radius 3 is 2.94 bits per heavy atom. The minimum Gasteiger partial charge on any atom is -0.484 e. The fraction of sp³-hybridized carbons (Fsp3) is 0.200. The minimum atomic E-state index is -1.04. The summed E-state index contributed by atoms with van der Waals surface area (Å²) >= 11 is 5.90. The lowest BCUT2D eigenvalue weighted by Gasteiger charge is -2.04. The van der Waals surface area contributed by atoms with Gasteiger partial charge in [0.2, 0.25) is 5.82 Å². The van der Waals surface area contributed by atoms with Crippen LogP contribution < -0.4 is 4.74 Å². The first-order chi connectivity index (χ1) is 8.65. The summed E-state index contributed by atoms with van der Waals surface area (Å²) in [6.07, 6.45) is 0. The number of nitrogens with zero attached hydrogens (tertiary/aromatic N) is 4. The zero-order valence-electron chi connectivity index (χ0n) is 9.15. The Kier molecular flexibility index (Phi) is 3.73. The second kappa shape index (κ2) is 5.46. The fourth-order valence-corrected chi connectivity index (χ4v) is 1.42. The van der Waals surface area contributed by atoms with Crippen molar-refractivity contribution in [3.63, 3.8) is 0 Å². The summed E-state index contributed by atoms with van der Waals surface area (Å²) in [6, 6.07) is 6.99. The summed E-state index contributed by atoms with van der Waals surface area (Å²) in [5, 5.41) is 20.1. The van der Waals surface area contributed by atoms with Gasteiger partial charge in [0.25, 0.3) is 0 Å². The highest BCUT2D eigenvalue weighted by atomic mass is 35.5. The molecule has 1 aromatic carbocycles. The number of aliphatic carboxylic acids is 1. The Bertz CT molecular complexity index is 558. The van der Waals surface area contributed by atoms with Crippen LogP contribution in [0.15, 0.2) is 24.3 Å². The molecule has 94 valence electrons. The second-order valence-electron chi connectivity index (χ2n) is 3.35. The van der Waals surface area contributed by atoms with Crippen molar-refractivity contribution in [1.29, 1.82) is 0 Å². The van der Waals surface area contributed by atoms with Crippen molar-refractivity contribution in [2.45, 2.75) is 13.2 Å². The number of halogens is 1. The number of ether oxygens (including phenoxy) is 1. The number of carbonyl (C=O) groups is 1. The number of carboxylic acids is 1. The smallest absolute Gasteiger partial charge is 0.327 e. The lowest BCUT2D eigenvalue weighted by Crippen LogP contribution is -2.12. The molecule has 18 heavy (non-hydrogen) atoms. The molecule has 7 nitrogen and oxygen atoms in total. The minimum absolute atomic E-state index is 0.0728. The van der Waals surface area contributed by atoms with Gasteiger partial charge in [-0.25, -0.2) is 0 Å². The van der Waals surface area contributed by atoms with Crippen LogP contribution in [-0.4, -0.2) is 31.3 Å². The first-order valence-electron chi connectivity index (χ1n) is 5.01. The van der Waals surface area contributed by atoms with E-state index in [-0.39, 0.29) is 19.0 Å². The SMILES string of the molecule is O=C(O)Cn1nnc(COc2ccccc2Cl)n1. The molecule has 1 heterocycles. The Hall–Kier alpha value is -2.15. The van der Waals surface area contributed by atoms with Gasteiger partial charge in [-0.05, 0) is 17.3 Å². The fourth-order valence-electron chi connectivity index (χ4n) is 1.23. The average Bonchev–Trinajstić information content (AvgIpc) is 2.75. The van der Waals surface area contributed by atoms with E-state index in [2.05, 4.69) is 15.4 Å². The predicted octanol–water partition coefficient (Wildman–Crippen LogP) is 0.990. The van der Waals surface area contributed by atoms with Gasteiger partial charge in [-0.15, -0.1) is 10.2 Å². The Morgan fingerprint density at radius 2 is 2.22 bits per heavy atom. The summed E-state index contributed by atoms with van der Waals surface area (Å²) in [5.41, 5.74) is 0. The summed E-state index contributed by atoms with van der Waals surface area (Å²) in [7, 11) is 0. The maximum Gasteiger partial charge on any atom is 0.327 e. The first kappa shape index (κ1) is 12.3. The molecule has 0 radical (unpaired) electrons. The van der Waals surface area contributed by atoms with Gasteiger partial charge < -0.3 is 9.84 Å². The third kappa shape index (κ3) is 3.17. The third-order valence-electron chi connectivity index (χ3n) is 1.96.